The van der Waals surface area contributed by atoms with Crippen molar-refractivity contribution >= 4 is 40.9 Å². The summed E-state index contributed by atoms with van der Waals surface area (Å²) in [5, 5.41) is 32.6. The van der Waals surface area contributed by atoms with E-state index in [0.29, 0.717) is 33.0 Å². The molecule has 6 N–H and O–H groups in total. The van der Waals surface area contributed by atoms with Crippen LogP contribution in [0.2, 0.25) is 10.0 Å². The molecule has 3 atom stereocenters. The lowest BCUT2D eigenvalue weighted by molar-refractivity contribution is -0.137. The predicted octanol–water partition coefficient (Wildman–Crippen LogP) is 3.58. The Hall–Kier alpha value is -4.23. The summed E-state index contributed by atoms with van der Waals surface area (Å²) in [6.07, 6.45) is 2.68. The Kier molecular flexibility index (Phi) is 9.35. The van der Waals surface area contributed by atoms with Crippen molar-refractivity contribution in [1.82, 2.24) is 30.7 Å². The van der Waals surface area contributed by atoms with Gasteiger partial charge < -0.3 is 30.7 Å². The van der Waals surface area contributed by atoms with Crippen LogP contribution in [-0.4, -0.2) is 73.3 Å². The van der Waals surface area contributed by atoms with Crippen LogP contribution in [0.5, 0.6) is 0 Å². The molecule has 3 amide bonds. The van der Waals surface area contributed by atoms with E-state index in [1.807, 2.05) is 6.07 Å². The van der Waals surface area contributed by atoms with Gasteiger partial charge in [-0.05, 0) is 41.0 Å². The summed E-state index contributed by atoms with van der Waals surface area (Å²) >= 11 is 12.4. The van der Waals surface area contributed by atoms with Crippen molar-refractivity contribution in [3.05, 3.63) is 87.5 Å². The van der Waals surface area contributed by atoms with Crippen LogP contribution >= 0.6 is 23.2 Å². The topological polar surface area (TPSA) is 163 Å². The van der Waals surface area contributed by atoms with Crippen molar-refractivity contribution < 1.29 is 29.0 Å². The maximum atomic E-state index is 13.6. The van der Waals surface area contributed by atoms with Gasteiger partial charge in [0.25, 0.3) is 5.91 Å². The quantitative estimate of drug-likeness (QED) is 0.163. The number of carbonyl (C=O) groups excluding carboxylic acids is 3. The Morgan fingerprint density at radius 1 is 1.14 bits per heavy atom. The maximum absolute atomic E-state index is 13.6. The lowest BCUT2D eigenvalue weighted by Gasteiger charge is -2.22. The number of halogens is 3. The van der Waals surface area contributed by atoms with Crippen molar-refractivity contribution in [2.75, 3.05) is 13.2 Å². The van der Waals surface area contributed by atoms with Gasteiger partial charge in [0.1, 0.15) is 17.6 Å². The minimum absolute atomic E-state index is 0.118. The number of benzene rings is 2. The lowest BCUT2D eigenvalue weighted by atomic mass is 10.0. The van der Waals surface area contributed by atoms with E-state index in [4.69, 9.17) is 23.2 Å². The number of likely N-dealkylation sites (tertiary alicyclic amines) is 1. The van der Waals surface area contributed by atoms with Gasteiger partial charge in [-0.3, -0.25) is 19.5 Å². The molecule has 0 bridgehead atoms. The molecule has 3 heterocycles. The Balaban J connectivity index is 1.27. The summed E-state index contributed by atoms with van der Waals surface area (Å²) in [5.74, 6) is -1.74. The number of hydrogen-bond donors (Lipinski definition) is 6. The Labute approximate surface area is 261 Å². The molecule has 1 unspecified atom stereocenters. The highest BCUT2D eigenvalue weighted by molar-refractivity contribution is 6.31. The minimum atomic E-state index is -0.807. The Bertz CT molecular complexity index is 1710. The lowest BCUT2D eigenvalue weighted by Crippen LogP contribution is -2.44. The van der Waals surface area contributed by atoms with Crippen molar-refractivity contribution in [2.24, 2.45) is 0 Å². The summed E-state index contributed by atoms with van der Waals surface area (Å²) < 4.78 is 13.6. The van der Waals surface area contributed by atoms with E-state index in [9.17, 15) is 29.0 Å². The van der Waals surface area contributed by atoms with E-state index in [-0.39, 0.29) is 42.0 Å². The van der Waals surface area contributed by atoms with E-state index in [1.54, 1.807) is 30.6 Å². The molecular formula is C30H29Cl2FN6O5. The number of nitrogens with one attached hydrogen (secondary N) is 4. The van der Waals surface area contributed by atoms with E-state index >= 15 is 0 Å². The van der Waals surface area contributed by atoms with Crippen LogP contribution in [0.25, 0.3) is 22.4 Å². The van der Waals surface area contributed by atoms with E-state index in [0.717, 1.165) is 5.56 Å². The molecule has 0 radical (unpaired) electrons. The first-order valence-corrected chi connectivity index (χ1v) is 14.4. The average Bonchev–Trinajstić information content (AvgIpc) is 3.76. The normalized spacial score (nSPS) is 17.0. The molecule has 0 saturated carbocycles. The van der Waals surface area contributed by atoms with Gasteiger partial charge in [0.15, 0.2) is 0 Å². The smallest absolute Gasteiger partial charge is 0.268 e. The number of amides is 3. The van der Waals surface area contributed by atoms with Gasteiger partial charge in [0.05, 0.1) is 35.7 Å². The summed E-state index contributed by atoms with van der Waals surface area (Å²) in [4.78, 5) is 41.8. The molecule has 11 nitrogen and oxygen atoms in total. The zero-order chi connectivity index (χ0) is 31.5. The number of nitrogens with zero attached hydrogens (tertiary/aromatic N) is 2. The van der Waals surface area contributed by atoms with Gasteiger partial charge in [-0.2, -0.15) is 5.10 Å². The third-order valence-corrected chi connectivity index (χ3v) is 8.13. The number of aromatic nitrogens is 3. The third-order valence-electron chi connectivity index (χ3n) is 7.49. The second-order valence-corrected chi connectivity index (χ2v) is 11.3. The Morgan fingerprint density at radius 2 is 1.93 bits per heavy atom. The van der Waals surface area contributed by atoms with Crippen molar-refractivity contribution in [3.63, 3.8) is 0 Å². The highest BCUT2D eigenvalue weighted by Crippen LogP contribution is 2.33. The van der Waals surface area contributed by atoms with E-state index in [1.165, 1.54) is 30.0 Å². The van der Waals surface area contributed by atoms with Crippen molar-refractivity contribution in [3.8, 4) is 22.4 Å². The van der Waals surface area contributed by atoms with Gasteiger partial charge in [-0.1, -0.05) is 41.4 Å². The molecule has 1 aliphatic heterocycles. The number of carbonyl (C=O) groups is 3. The van der Waals surface area contributed by atoms with Crippen molar-refractivity contribution in [2.45, 2.75) is 38.1 Å². The van der Waals surface area contributed by atoms with Gasteiger partial charge in [-0.15, -0.1) is 0 Å². The van der Waals surface area contributed by atoms with Crippen LogP contribution in [0.3, 0.4) is 0 Å². The van der Waals surface area contributed by atoms with E-state index in [2.05, 4.69) is 25.8 Å². The molecular weight excluding hydrogens is 614 g/mol. The second kappa shape index (κ2) is 13.2. The van der Waals surface area contributed by atoms with Gasteiger partial charge >= 0.3 is 0 Å². The molecule has 1 aliphatic rings. The molecule has 2 aromatic carbocycles. The number of hydrogen-bond acceptors (Lipinski definition) is 6. The van der Waals surface area contributed by atoms with Gasteiger partial charge in [-0.25, -0.2) is 4.39 Å². The SMILES string of the molecule is CC(=O)N1C[C@H](O)CC1C(=O)NCc1ccc(-c2cn[nH]c2-c2c[nH]c(C(=O)N[C@H](CO)c3ccc(F)c(Cl)c3)c2)cc1Cl. The second-order valence-electron chi connectivity index (χ2n) is 10.4. The zero-order valence-corrected chi connectivity index (χ0v) is 24.9. The molecule has 14 heteroatoms. The average molecular weight is 644 g/mol. The molecule has 1 saturated heterocycles. The highest BCUT2D eigenvalue weighted by Gasteiger charge is 2.37. The molecule has 5 rings (SSSR count). The number of β-amino-alcohol motifs (C(OH)–C–C–N with tert-alkyl or cyclic N) is 1. The number of H-pyrrole nitrogens is 2. The fraction of sp³-hybridized carbons (Fsp3) is 0.267. The Morgan fingerprint density at radius 3 is 2.64 bits per heavy atom. The van der Waals surface area contributed by atoms with Crippen LogP contribution in [0.15, 0.2) is 54.9 Å². The molecule has 1 fully saturated rings. The largest absolute Gasteiger partial charge is 0.394 e. The standard InChI is InChI=1S/C30H29Cl2FN6O5/c1-15(41)39-13-20(42)9-27(39)30(44)35-10-18-3-2-16(6-22(18)31)21-12-36-38-28(21)19-8-25(34-11-19)29(43)37-26(14-40)17-4-5-24(33)23(32)7-17/h2-8,11-12,20,26-27,34,40,42H,9-10,13-14H2,1H3,(H,35,44)(H,36,38)(H,37,43)/t20-,26-,27?/m1/s1. The molecule has 2 aromatic heterocycles. The fourth-order valence-electron chi connectivity index (χ4n) is 5.16. The van der Waals surface area contributed by atoms with Gasteiger partial charge in [0.2, 0.25) is 11.8 Å². The first kappa shape index (κ1) is 31.2. The number of rotatable bonds is 9. The molecule has 44 heavy (non-hydrogen) atoms. The molecule has 0 aliphatic carbocycles. The van der Waals surface area contributed by atoms with Crippen molar-refractivity contribution in [1.29, 1.82) is 0 Å². The third kappa shape index (κ3) is 6.63. The number of aliphatic hydroxyl groups excluding tert-OH is 2. The molecule has 230 valence electrons. The zero-order valence-electron chi connectivity index (χ0n) is 23.4. The van der Waals surface area contributed by atoms with Gasteiger partial charge in [0, 0.05) is 48.8 Å². The van der Waals surface area contributed by atoms with Crippen LogP contribution in [0, 0.1) is 5.82 Å². The molecule has 4 aromatic rings. The van der Waals surface area contributed by atoms with Crippen LogP contribution < -0.4 is 10.6 Å². The van der Waals surface area contributed by atoms with Crippen LogP contribution in [0.4, 0.5) is 4.39 Å². The summed E-state index contributed by atoms with van der Waals surface area (Å²) in [7, 11) is 0. The van der Waals surface area contributed by atoms with E-state index < -0.39 is 36.5 Å². The first-order chi connectivity index (χ1) is 21.0. The predicted molar refractivity (Wildman–Crippen MR) is 161 cm³/mol. The van der Waals surface area contributed by atoms with Crippen LogP contribution in [0.1, 0.15) is 41.0 Å². The minimum Gasteiger partial charge on any atom is -0.394 e. The fourth-order valence-corrected chi connectivity index (χ4v) is 5.60. The first-order valence-electron chi connectivity index (χ1n) is 13.7. The number of aliphatic hydroxyl groups is 2. The highest BCUT2D eigenvalue weighted by atomic mass is 35.5. The summed E-state index contributed by atoms with van der Waals surface area (Å²) in [5.41, 5.74) is 4.01. The summed E-state index contributed by atoms with van der Waals surface area (Å²) in [6.45, 7) is 1.19. The number of aromatic amines is 2. The summed E-state index contributed by atoms with van der Waals surface area (Å²) in [6, 6.07) is 9.36. The monoisotopic (exact) mass is 642 g/mol. The molecule has 0 spiro atoms. The maximum Gasteiger partial charge on any atom is 0.268 e. The van der Waals surface area contributed by atoms with Crippen LogP contribution in [-0.2, 0) is 16.1 Å².